The Labute approximate surface area is 256 Å². The van der Waals surface area contributed by atoms with Crippen LogP contribution in [0.15, 0.2) is 30.0 Å². The lowest BCUT2D eigenvalue weighted by Gasteiger charge is -2.27. The number of hydrogen-bond acceptors (Lipinski definition) is 5. The molecule has 4 rings (SSSR count). The van der Waals surface area contributed by atoms with Crippen LogP contribution in [0.25, 0.3) is 0 Å². The minimum Gasteiger partial charge on any atom is -0.361 e. The Kier molecular flexibility index (Phi) is 12.8. The highest BCUT2D eigenvalue weighted by Crippen LogP contribution is 2.25. The Hall–Kier alpha value is -4.08. The number of likely N-dealkylation sites (tertiary alicyclic amines) is 1. The van der Waals surface area contributed by atoms with Gasteiger partial charge in [-0.05, 0) is 55.7 Å². The number of fused-ring (bicyclic) bond motifs is 1. The molecule has 0 radical (unpaired) electrons. The molecular weight excluding hydrogens is 577 g/mol. The van der Waals surface area contributed by atoms with Gasteiger partial charge in [-0.1, -0.05) is 39.8 Å². The summed E-state index contributed by atoms with van der Waals surface area (Å²) in [5, 5.41) is 12.1. The molecule has 0 saturated carbocycles. The fourth-order valence-corrected chi connectivity index (χ4v) is 4.66. The second-order valence-corrected chi connectivity index (χ2v) is 12.7. The van der Waals surface area contributed by atoms with Gasteiger partial charge in [0.2, 0.25) is 18.2 Å². The van der Waals surface area contributed by atoms with Gasteiger partial charge in [0.15, 0.2) is 0 Å². The van der Waals surface area contributed by atoms with Crippen molar-refractivity contribution in [1.29, 1.82) is 5.26 Å². The van der Waals surface area contributed by atoms with Crippen molar-refractivity contribution in [3.8, 4) is 6.07 Å². The number of likely N-dealkylation sites (N-methyl/N-ethyl adjacent to an activating group) is 1. The predicted molar refractivity (Wildman–Crippen MR) is 158 cm³/mol. The van der Waals surface area contributed by atoms with E-state index in [-0.39, 0.29) is 38.0 Å². The van der Waals surface area contributed by atoms with E-state index in [1.54, 1.807) is 0 Å². The van der Waals surface area contributed by atoms with Crippen molar-refractivity contribution in [3.63, 3.8) is 0 Å². The van der Waals surface area contributed by atoms with Crippen LogP contribution >= 0.6 is 0 Å². The Balaban J connectivity index is 0.000000278. The zero-order valence-electron chi connectivity index (χ0n) is 26.3. The smallest absolute Gasteiger partial charge is 0.361 e. The number of nitrogens with one attached hydrogen (secondary N) is 2. The molecule has 1 aliphatic carbocycles. The van der Waals surface area contributed by atoms with E-state index in [4.69, 9.17) is 0 Å². The molecule has 242 valence electrons. The summed E-state index contributed by atoms with van der Waals surface area (Å²) in [5.74, 6) is -2.67. The van der Waals surface area contributed by atoms with Gasteiger partial charge in [0, 0.05) is 37.2 Å². The second kappa shape index (κ2) is 15.6. The van der Waals surface area contributed by atoms with Gasteiger partial charge >= 0.3 is 12.1 Å². The molecule has 2 N–H and O–H groups in total. The van der Waals surface area contributed by atoms with Gasteiger partial charge in [0.1, 0.15) is 6.04 Å². The molecule has 0 spiro atoms. The van der Waals surface area contributed by atoms with Crippen molar-refractivity contribution in [3.05, 3.63) is 46.9 Å². The Bertz CT molecular complexity index is 1280. The summed E-state index contributed by atoms with van der Waals surface area (Å²) in [7, 11) is 1.49. The summed E-state index contributed by atoms with van der Waals surface area (Å²) in [4.78, 5) is 52.5. The lowest BCUT2D eigenvalue weighted by molar-refractivity contribution is -0.186. The molecular formula is C31H43F3N6O4. The number of nitrogens with zero attached hydrogens (tertiary/aromatic N) is 4. The van der Waals surface area contributed by atoms with Crippen LogP contribution in [-0.4, -0.2) is 82.7 Å². The number of H-pyrrole nitrogens is 1. The van der Waals surface area contributed by atoms with E-state index >= 15 is 0 Å². The van der Waals surface area contributed by atoms with Crippen molar-refractivity contribution in [2.24, 2.45) is 11.3 Å². The lowest BCUT2D eigenvalue weighted by atomic mass is 10.0. The maximum atomic E-state index is 12.3. The maximum absolute atomic E-state index is 12.3. The normalized spacial score (nSPS) is 19.2. The summed E-state index contributed by atoms with van der Waals surface area (Å²) in [6.07, 6.45) is 4.23. The Morgan fingerprint density at radius 2 is 1.86 bits per heavy atom. The third-order valence-electron chi connectivity index (χ3n) is 6.62. The minimum atomic E-state index is -4.78. The van der Waals surface area contributed by atoms with Crippen molar-refractivity contribution in [1.82, 2.24) is 25.0 Å². The molecule has 0 aromatic carbocycles. The molecule has 2 unspecified atom stereocenters. The van der Waals surface area contributed by atoms with Gasteiger partial charge < -0.3 is 25.0 Å². The summed E-state index contributed by atoms with van der Waals surface area (Å²) < 4.78 is 36.6. The first-order valence-electron chi connectivity index (χ1n) is 14.5. The molecule has 4 amide bonds. The molecule has 1 saturated heterocycles. The fourth-order valence-electron chi connectivity index (χ4n) is 4.66. The molecule has 2 aliphatic heterocycles. The second-order valence-electron chi connectivity index (χ2n) is 12.7. The standard InChI is InChI=1S/C16H20N4O3.C10H11F3N2O.C5H12/c1-19(11-21)10-15(22)20-9-12(7-14(20)8-17)16(23)18-13-5-3-2-4-6-13;1-6-4-7-2-3-15(5-8(7)14-6)9(16)10(11,12)13;1-5(2,3)4/h3,5-6,11-12,14H,2,4,7,9-10H2,1H3,(H,18,23);4,14H,2-3,5H2,1H3;1-4H3. The highest BCUT2D eigenvalue weighted by molar-refractivity contribution is 5.85. The van der Waals surface area contributed by atoms with Crippen molar-refractivity contribution < 1.29 is 32.3 Å². The van der Waals surface area contributed by atoms with Crippen LogP contribution < -0.4 is 5.32 Å². The van der Waals surface area contributed by atoms with E-state index in [2.05, 4.69) is 44.1 Å². The summed E-state index contributed by atoms with van der Waals surface area (Å²) in [6, 6.07) is 3.34. The number of halogens is 3. The van der Waals surface area contributed by atoms with Crippen LogP contribution in [0.4, 0.5) is 13.2 Å². The monoisotopic (exact) mass is 620 g/mol. The van der Waals surface area contributed by atoms with Crippen molar-refractivity contribution >= 4 is 24.1 Å². The van der Waals surface area contributed by atoms with Gasteiger partial charge in [-0.25, -0.2) is 0 Å². The number of hydrogen-bond donors (Lipinski definition) is 2. The molecule has 3 aliphatic rings. The average Bonchev–Trinajstić information content (AvgIpc) is 3.54. The van der Waals surface area contributed by atoms with Gasteiger partial charge in [-0.2, -0.15) is 18.4 Å². The van der Waals surface area contributed by atoms with Crippen LogP contribution in [0.5, 0.6) is 0 Å². The summed E-state index contributed by atoms with van der Waals surface area (Å²) in [6.45, 7) is 10.8. The van der Waals surface area contributed by atoms with E-state index in [9.17, 15) is 37.6 Å². The first-order chi connectivity index (χ1) is 20.4. The third kappa shape index (κ3) is 11.5. The van der Waals surface area contributed by atoms with Crippen LogP contribution in [0, 0.1) is 29.6 Å². The van der Waals surface area contributed by atoms with Gasteiger partial charge in [-0.3, -0.25) is 19.2 Å². The first kappa shape index (κ1) is 36.1. The summed E-state index contributed by atoms with van der Waals surface area (Å²) >= 11 is 0. The number of aryl methyl sites for hydroxylation is 1. The van der Waals surface area contributed by atoms with E-state index < -0.39 is 24.0 Å². The number of allylic oxidation sites excluding steroid dienone is 3. The number of rotatable bonds is 5. The number of carbonyl (C=O) groups is 4. The van der Waals surface area contributed by atoms with E-state index in [0.29, 0.717) is 30.4 Å². The molecule has 1 fully saturated rings. The van der Waals surface area contributed by atoms with Crippen LogP contribution in [-0.2, 0) is 32.1 Å². The van der Waals surface area contributed by atoms with Crippen LogP contribution in [0.2, 0.25) is 0 Å². The number of aromatic amines is 1. The molecule has 3 heterocycles. The van der Waals surface area contributed by atoms with E-state index in [1.807, 2.05) is 31.2 Å². The first-order valence-corrected chi connectivity index (χ1v) is 14.5. The number of aromatic nitrogens is 1. The highest BCUT2D eigenvalue weighted by atomic mass is 19.4. The van der Waals surface area contributed by atoms with E-state index in [0.717, 1.165) is 34.7 Å². The predicted octanol–water partition coefficient (Wildman–Crippen LogP) is 3.99. The molecule has 13 heteroatoms. The molecule has 1 aromatic heterocycles. The largest absolute Gasteiger partial charge is 0.471 e. The highest BCUT2D eigenvalue weighted by Gasteiger charge is 2.43. The maximum Gasteiger partial charge on any atom is 0.471 e. The number of nitriles is 1. The SMILES string of the molecule is CC(C)(C)C.CN(C=O)CC(=O)N1CC(C(=O)NC2=CCCC=C2)CC1C#N.Cc1cc2c([nH]1)CN(C(=O)C(F)(F)F)CC2. The van der Waals surface area contributed by atoms with Gasteiger partial charge in [-0.15, -0.1) is 0 Å². The quantitative estimate of drug-likeness (QED) is 0.481. The minimum absolute atomic E-state index is 0.0154. The lowest BCUT2D eigenvalue weighted by Crippen LogP contribution is -2.43. The van der Waals surface area contributed by atoms with Crippen LogP contribution in [0.3, 0.4) is 0 Å². The molecule has 10 nitrogen and oxygen atoms in total. The number of carbonyl (C=O) groups excluding carboxylic acids is 4. The van der Waals surface area contributed by atoms with Crippen molar-refractivity contribution in [2.75, 3.05) is 26.7 Å². The molecule has 2 atom stereocenters. The topological polar surface area (TPSA) is 130 Å². The number of alkyl halides is 3. The van der Waals surface area contributed by atoms with Crippen molar-refractivity contribution in [2.45, 2.75) is 79.1 Å². The van der Waals surface area contributed by atoms with Crippen LogP contribution in [0.1, 0.15) is 63.9 Å². The Morgan fingerprint density at radius 3 is 2.41 bits per heavy atom. The molecule has 0 bridgehead atoms. The zero-order valence-corrected chi connectivity index (χ0v) is 26.3. The Morgan fingerprint density at radius 1 is 1.20 bits per heavy atom. The molecule has 44 heavy (non-hydrogen) atoms. The summed E-state index contributed by atoms with van der Waals surface area (Å²) in [5.41, 5.74) is 3.89. The third-order valence-corrected chi connectivity index (χ3v) is 6.62. The van der Waals surface area contributed by atoms with Gasteiger partial charge in [0.05, 0.1) is 25.1 Å². The van der Waals surface area contributed by atoms with E-state index in [1.165, 1.54) is 16.8 Å². The molecule has 1 aromatic rings. The fraction of sp³-hybridized carbons (Fsp3) is 0.581. The number of amides is 4. The van der Waals surface area contributed by atoms with Gasteiger partial charge in [0.25, 0.3) is 0 Å². The average molecular weight is 621 g/mol. The zero-order chi connectivity index (χ0) is 33.2.